The molecule has 3 rings (SSSR count). The van der Waals surface area contributed by atoms with Crippen molar-refractivity contribution in [3.05, 3.63) is 65.2 Å². The van der Waals surface area contributed by atoms with Gasteiger partial charge in [-0.25, -0.2) is 8.42 Å². The molecule has 8 heteroatoms. The molecule has 1 aromatic heterocycles. The molecule has 0 saturated carbocycles. The molecule has 2 N–H and O–H groups in total. The number of carbonyl (C=O) groups is 2. The molecule has 27 heavy (non-hydrogen) atoms. The highest BCUT2D eigenvalue weighted by atomic mass is 32.2. The molecule has 0 bridgehead atoms. The molecule has 2 heterocycles. The summed E-state index contributed by atoms with van der Waals surface area (Å²) >= 11 is 0. The van der Waals surface area contributed by atoms with Gasteiger partial charge in [-0.3, -0.25) is 9.59 Å². The Morgan fingerprint density at radius 2 is 1.93 bits per heavy atom. The SMILES string of the molecule is Cc1ccc(C(=O)N/C(=C/c2ccoc2)C(=O)NC2CCS(=O)(=O)C2)cc1. The Morgan fingerprint density at radius 3 is 2.52 bits per heavy atom. The molecule has 142 valence electrons. The van der Waals surface area contributed by atoms with Crippen LogP contribution in [0.3, 0.4) is 0 Å². The molecule has 1 aromatic carbocycles. The van der Waals surface area contributed by atoms with Gasteiger partial charge in [0.1, 0.15) is 5.70 Å². The van der Waals surface area contributed by atoms with Gasteiger partial charge >= 0.3 is 0 Å². The van der Waals surface area contributed by atoms with E-state index in [0.717, 1.165) is 5.56 Å². The van der Waals surface area contributed by atoms with Crippen LogP contribution in [0.2, 0.25) is 0 Å². The van der Waals surface area contributed by atoms with E-state index in [9.17, 15) is 18.0 Å². The van der Waals surface area contributed by atoms with Crippen LogP contribution >= 0.6 is 0 Å². The van der Waals surface area contributed by atoms with Crippen molar-refractivity contribution in [1.29, 1.82) is 0 Å². The van der Waals surface area contributed by atoms with Crippen LogP contribution in [-0.2, 0) is 14.6 Å². The number of hydrogen-bond acceptors (Lipinski definition) is 5. The summed E-state index contributed by atoms with van der Waals surface area (Å²) in [5, 5.41) is 5.29. The van der Waals surface area contributed by atoms with Crippen molar-refractivity contribution in [1.82, 2.24) is 10.6 Å². The van der Waals surface area contributed by atoms with E-state index in [-0.39, 0.29) is 17.2 Å². The van der Waals surface area contributed by atoms with Crippen LogP contribution in [0.5, 0.6) is 0 Å². The molecule has 0 radical (unpaired) electrons. The van der Waals surface area contributed by atoms with Gasteiger partial charge in [0.2, 0.25) is 0 Å². The van der Waals surface area contributed by atoms with Crippen LogP contribution < -0.4 is 10.6 Å². The second-order valence-corrected chi connectivity index (χ2v) is 8.74. The number of furan rings is 1. The molecule has 1 saturated heterocycles. The zero-order chi connectivity index (χ0) is 19.4. The van der Waals surface area contributed by atoms with Crippen LogP contribution in [-0.4, -0.2) is 37.8 Å². The number of benzene rings is 1. The number of aryl methyl sites for hydroxylation is 1. The quantitative estimate of drug-likeness (QED) is 0.758. The Bertz CT molecular complexity index is 960. The fourth-order valence-electron chi connectivity index (χ4n) is 2.75. The highest BCUT2D eigenvalue weighted by molar-refractivity contribution is 7.91. The van der Waals surface area contributed by atoms with Crippen molar-refractivity contribution >= 4 is 27.7 Å². The van der Waals surface area contributed by atoms with Gasteiger partial charge in [0.25, 0.3) is 11.8 Å². The molecule has 1 unspecified atom stereocenters. The van der Waals surface area contributed by atoms with Crippen molar-refractivity contribution < 1.29 is 22.4 Å². The minimum absolute atomic E-state index is 0.0197. The third-order valence-electron chi connectivity index (χ3n) is 4.23. The first-order chi connectivity index (χ1) is 12.8. The first-order valence-electron chi connectivity index (χ1n) is 8.45. The smallest absolute Gasteiger partial charge is 0.268 e. The molecular formula is C19H20N2O5S. The van der Waals surface area contributed by atoms with Crippen LogP contribution in [0.1, 0.15) is 27.9 Å². The Balaban J connectivity index is 1.77. The van der Waals surface area contributed by atoms with Crippen LogP contribution in [0.15, 0.2) is 53.0 Å². The Hall–Kier alpha value is -2.87. The topological polar surface area (TPSA) is 105 Å². The van der Waals surface area contributed by atoms with Gasteiger partial charge in [0.05, 0.1) is 24.0 Å². The minimum atomic E-state index is -3.12. The fourth-order valence-corrected chi connectivity index (χ4v) is 4.43. The fraction of sp³-hybridized carbons (Fsp3) is 0.263. The number of nitrogens with one attached hydrogen (secondary N) is 2. The number of hydrogen-bond donors (Lipinski definition) is 2. The monoisotopic (exact) mass is 388 g/mol. The van der Waals surface area contributed by atoms with E-state index in [1.165, 1.54) is 18.6 Å². The Labute approximate surface area is 157 Å². The summed E-state index contributed by atoms with van der Waals surface area (Å²) in [6.07, 6.45) is 4.73. The van der Waals surface area contributed by atoms with Crippen molar-refractivity contribution in [2.24, 2.45) is 0 Å². The lowest BCUT2D eigenvalue weighted by atomic mass is 10.1. The number of sulfone groups is 1. The normalized spacial score (nSPS) is 18.9. The first-order valence-corrected chi connectivity index (χ1v) is 10.3. The van der Waals surface area contributed by atoms with Gasteiger partial charge in [0.15, 0.2) is 9.84 Å². The maximum absolute atomic E-state index is 12.6. The first kappa shape index (κ1) is 18.9. The predicted molar refractivity (Wildman–Crippen MR) is 101 cm³/mol. The second-order valence-electron chi connectivity index (χ2n) is 6.51. The lowest BCUT2D eigenvalue weighted by molar-refractivity contribution is -0.118. The van der Waals surface area contributed by atoms with E-state index in [4.69, 9.17) is 4.42 Å². The lowest BCUT2D eigenvalue weighted by Crippen LogP contribution is -2.41. The van der Waals surface area contributed by atoms with Gasteiger partial charge < -0.3 is 15.1 Å². The summed E-state index contributed by atoms with van der Waals surface area (Å²) in [6.45, 7) is 1.91. The molecule has 2 aromatic rings. The summed E-state index contributed by atoms with van der Waals surface area (Å²) in [5.41, 5.74) is 2.05. The third kappa shape index (κ3) is 5.07. The highest BCUT2D eigenvalue weighted by Crippen LogP contribution is 2.13. The maximum Gasteiger partial charge on any atom is 0.268 e. The van der Waals surface area contributed by atoms with E-state index >= 15 is 0 Å². The molecule has 1 aliphatic heterocycles. The van der Waals surface area contributed by atoms with E-state index < -0.39 is 27.7 Å². The van der Waals surface area contributed by atoms with Gasteiger partial charge in [-0.05, 0) is 37.6 Å². The third-order valence-corrected chi connectivity index (χ3v) is 6.00. The van der Waals surface area contributed by atoms with E-state index in [1.807, 2.05) is 6.92 Å². The summed E-state index contributed by atoms with van der Waals surface area (Å²) in [7, 11) is -3.12. The van der Waals surface area contributed by atoms with E-state index in [2.05, 4.69) is 10.6 Å². The lowest BCUT2D eigenvalue weighted by Gasteiger charge is -2.14. The number of rotatable bonds is 5. The molecule has 7 nitrogen and oxygen atoms in total. The van der Waals surface area contributed by atoms with E-state index in [1.54, 1.807) is 30.3 Å². The Morgan fingerprint density at radius 1 is 1.19 bits per heavy atom. The highest BCUT2D eigenvalue weighted by Gasteiger charge is 2.30. The molecule has 1 atom stereocenters. The van der Waals surface area contributed by atoms with Crippen LogP contribution in [0.25, 0.3) is 6.08 Å². The number of amides is 2. The van der Waals surface area contributed by atoms with Crippen LogP contribution in [0.4, 0.5) is 0 Å². The van der Waals surface area contributed by atoms with Gasteiger partial charge in [-0.1, -0.05) is 17.7 Å². The van der Waals surface area contributed by atoms with Crippen LogP contribution in [0, 0.1) is 6.92 Å². The minimum Gasteiger partial charge on any atom is -0.472 e. The molecular weight excluding hydrogens is 368 g/mol. The van der Waals surface area contributed by atoms with E-state index in [0.29, 0.717) is 17.5 Å². The molecule has 1 fully saturated rings. The van der Waals surface area contributed by atoms with Crippen molar-refractivity contribution in [2.45, 2.75) is 19.4 Å². The summed E-state index contributed by atoms with van der Waals surface area (Å²) in [4.78, 5) is 25.1. The average Bonchev–Trinajstić information content (AvgIpc) is 3.24. The van der Waals surface area contributed by atoms with Crippen molar-refractivity contribution in [3.8, 4) is 0 Å². The molecule has 1 aliphatic rings. The zero-order valence-corrected chi connectivity index (χ0v) is 15.6. The predicted octanol–water partition coefficient (Wildman–Crippen LogP) is 1.66. The molecule has 0 aliphatic carbocycles. The second kappa shape index (κ2) is 7.79. The molecule has 0 spiro atoms. The summed E-state index contributed by atoms with van der Waals surface area (Å²) in [5.74, 6) is -1.02. The van der Waals surface area contributed by atoms with Crippen molar-refractivity contribution in [3.63, 3.8) is 0 Å². The van der Waals surface area contributed by atoms with Crippen molar-refractivity contribution in [2.75, 3.05) is 11.5 Å². The largest absolute Gasteiger partial charge is 0.472 e. The Kier molecular flexibility index (Phi) is 5.46. The maximum atomic E-state index is 12.6. The van der Waals surface area contributed by atoms with Gasteiger partial charge in [-0.15, -0.1) is 0 Å². The average molecular weight is 388 g/mol. The zero-order valence-electron chi connectivity index (χ0n) is 14.8. The number of carbonyl (C=O) groups excluding carboxylic acids is 2. The van der Waals surface area contributed by atoms with Gasteiger partial charge in [-0.2, -0.15) is 0 Å². The summed E-state index contributed by atoms with van der Waals surface area (Å²) < 4.78 is 28.2. The van der Waals surface area contributed by atoms with Gasteiger partial charge in [0, 0.05) is 17.2 Å². The molecule has 2 amide bonds. The summed E-state index contributed by atoms with van der Waals surface area (Å²) in [6, 6.07) is 8.12. The standard InChI is InChI=1S/C19H20N2O5S/c1-13-2-4-15(5-3-13)18(22)21-17(10-14-6-8-26-11-14)19(23)20-16-7-9-27(24,25)12-16/h2-6,8,10-11,16H,7,9,12H2,1H3,(H,20,23)(H,21,22)/b17-10+.